The van der Waals surface area contributed by atoms with Gasteiger partial charge in [0.2, 0.25) is 0 Å². The largest absolute Gasteiger partial charge is 0.389 e. The summed E-state index contributed by atoms with van der Waals surface area (Å²) in [7, 11) is -3.14. The third-order valence-electron chi connectivity index (χ3n) is 2.06. The summed E-state index contributed by atoms with van der Waals surface area (Å²) in [5.74, 6) is 0. The molecule has 0 saturated heterocycles. The molecule has 0 heterocycles. The fourth-order valence-corrected chi connectivity index (χ4v) is 3.93. The minimum Gasteiger partial charge on any atom is -0.389 e. The first-order valence-corrected chi connectivity index (χ1v) is 7.16. The molecule has 0 aromatic carbocycles. The van der Waals surface area contributed by atoms with Gasteiger partial charge in [-0.05, 0) is 40.5 Å². The molecule has 0 unspecified atom stereocenters. The minimum absolute atomic E-state index is 0.121. The van der Waals surface area contributed by atoms with Gasteiger partial charge < -0.3 is 14.2 Å². The Morgan fingerprint density at radius 3 is 1.87 bits per heavy atom. The van der Waals surface area contributed by atoms with Crippen molar-refractivity contribution in [1.29, 1.82) is 0 Å². The zero-order chi connectivity index (χ0) is 11.7. The van der Waals surface area contributed by atoms with Crippen LogP contribution >= 0.6 is 7.60 Å². The fraction of sp³-hybridized carbons (Fsp3) is 1.00. The summed E-state index contributed by atoms with van der Waals surface area (Å²) in [4.78, 5) is 0. The quantitative estimate of drug-likeness (QED) is 0.720. The van der Waals surface area contributed by atoms with Crippen molar-refractivity contribution >= 4 is 7.60 Å². The van der Waals surface area contributed by atoms with E-state index in [-0.39, 0.29) is 18.4 Å². The number of rotatable bonds is 6. The zero-order valence-electron chi connectivity index (χ0n) is 9.90. The Morgan fingerprint density at radius 1 is 1.20 bits per heavy atom. The Labute approximate surface area is 91.5 Å². The van der Waals surface area contributed by atoms with Gasteiger partial charge in [-0.1, -0.05) is 0 Å². The second-order valence-electron chi connectivity index (χ2n) is 4.80. The molecule has 1 saturated carbocycles. The Bertz CT molecular complexity index is 244. The highest BCUT2D eigenvalue weighted by atomic mass is 31.2. The van der Waals surface area contributed by atoms with Crippen LogP contribution in [0.25, 0.3) is 0 Å². The van der Waals surface area contributed by atoms with E-state index in [0.29, 0.717) is 12.8 Å². The smallest absolute Gasteiger partial charge is 0.334 e. The lowest BCUT2D eigenvalue weighted by atomic mass is 10.4. The maximum atomic E-state index is 12.3. The number of hydrogen-bond donors (Lipinski definition) is 1. The van der Waals surface area contributed by atoms with E-state index >= 15 is 0 Å². The molecule has 0 aromatic heterocycles. The predicted octanol–water partition coefficient (Wildman–Crippen LogP) is 2.55. The van der Waals surface area contributed by atoms with Crippen LogP contribution in [0.4, 0.5) is 0 Å². The molecular formula is C10H21O4P. The first-order chi connectivity index (χ1) is 6.75. The highest BCUT2D eigenvalue weighted by molar-refractivity contribution is 7.54. The van der Waals surface area contributed by atoms with Crippen LogP contribution in [-0.2, 0) is 13.6 Å². The van der Waals surface area contributed by atoms with Crippen molar-refractivity contribution in [3.05, 3.63) is 0 Å². The molecule has 0 amide bonds. The van der Waals surface area contributed by atoms with Gasteiger partial charge in [0.1, 0.15) is 0 Å². The van der Waals surface area contributed by atoms with E-state index in [1.54, 1.807) is 0 Å². The summed E-state index contributed by atoms with van der Waals surface area (Å²) >= 11 is 0. The monoisotopic (exact) mass is 236 g/mol. The summed E-state index contributed by atoms with van der Waals surface area (Å²) in [5, 5.41) is 9.76. The van der Waals surface area contributed by atoms with Crippen molar-refractivity contribution in [1.82, 2.24) is 0 Å². The molecule has 0 aromatic rings. The molecule has 90 valence electrons. The maximum Gasteiger partial charge on any atom is 0.334 e. The summed E-state index contributed by atoms with van der Waals surface area (Å²) in [6.07, 6.45) is 1.20. The van der Waals surface area contributed by atoms with E-state index in [4.69, 9.17) is 9.05 Å². The second-order valence-corrected chi connectivity index (χ2v) is 6.76. The van der Waals surface area contributed by atoms with Crippen LogP contribution in [0.2, 0.25) is 0 Å². The molecule has 1 aliphatic rings. The summed E-state index contributed by atoms with van der Waals surface area (Å²) in [6.45, 7) is 7.25. The summed E-state index contributed by atoms with van der Waals surface area (Å²) < 4.78 is 23.0. The first kappa shape index (κ1) is 13.2. The minimum atomic E-state index is -3.14. The average molecular weight is 236 g/mol. The van der Waals surface area contributed by atoms with E-state index < -0.39 is 13.2 Å². The third-order valence-corrected chi connectivity index (χ3v) is 4.52. The highest BCUT2D eigenvalue weighted by Crippen LogP contribution is 2.57. The molecule has 0 bridgehead atoms. The van der Waals surface area contributed by atoms with Crippen molar-refractivity contribution in [2.45, 2.75) is 58.3 Å². The van der Waals surface area contributed by atoms with Gasteiger partial charge in [0, 0.05) is 0 Å². The zero-order valence-corrected chi connectivity index (χ0v) is 10.8. The van der Waals surface area contributed by atoms with Crippen molar-refractivity contribution in [2.24, 2.45) is 0 Å². The maximum absolute atomic E-state index is 12.3. The van der Waals surface area contributed by atoms with Gasteiger partial charge in [-0.3, -0.25) is 4.57 Å². The van der Waals surface area contributed by atoms with E-state index in [0.717, 1.165) is 0 Å². The van der Waals surface area contributed by atoms with Crippen LogP contribution in [0.1, 0.15) is 40.5 Å². The molecule has 0 radical (unpaired) electrons. The summed E-state index contributed by atoms with van der Waals surface area (Å²) in [5.41, 5.74) is -0.806. The van der Waals surface area contributed by atoms with E-state index in [2.05, 4.69) is 0 Å². The van der Waals surface area contributed by atoms with Crippen LogP contribution < -0.4 is 0 Å². The molecule has 0 spiro atoms. The predicted molar refractivity (Wildman–Crippen MR) is 59.1 cm³/mol. The van der Waals surface area contributed by atoms with Crippen LogP contribution in [0, 0.1) is 0 Å². The van der Waals surface area contributed by atoms with Crippen molar-refractivity contribution in [3.63, 3.8) is 0 Å². The molecule has 1 rings (SSSR count). The Kier molecular flexibility index (Phi) is 3.99. The van der Waals surface area contributed by atoms with E-state index in [9.17, 15) is 9.67 Å². The molecule has 4 nitrogen and oxygen atoms in total. The van der Waals surface area contributed by atoms with Gasteiger partial charge in [-0.15, -0.1) is 0 Å². The molecule has 1 fully saturated rings. The Hall–Kier alpha value is 0.110. The van der Waals surface area contributed by atoms with Gasteiger partial charge >= 0.3 is 7.60 Å². The molecule has 0 aliphatic heterocycles. The van der Waals surface area contributed by atoms with Gasteiger partial charge in [-0.25, -0.2) is 0 Å². The van der Waals surface area contributed by atoms with Gasteiger partial charge in [0.25, 0.3) is 0 Å². The van der Waals surface area contributed by atoms with E-state index in [1.165, 1.54) is 0 Å². The lowest BCUT2D eigenvalue weighted by molar-refractivity contribution is 0.119. The lowest BCUT2D eigenvalue weighted by Gasteiger charge is -2.24. The lowest BCUT2D eigenvalue weighted by Crippen LogP contribution is -2.19. The van der Waals surface area contributed by atoms with Gasteiger partial charge in [0.05, 0.1) is 24.0 Å². The van der Waals surface area contributed by atoms with Crippen LogP contribution in [-0.4, -0.2) is 29.1 Å². The van der Waals surface area contributed by atoms with Crippen LogP contribution in [0.3, 0.4) is 0 Å². The highest BCUT2D eigenvalue weighted by Gasteiger charge is 2.48. The third kappa shape index (κ3) is 4.64. The number of hydrogen-bond acceptors (Lipinski definition) is 4. The fourth-order valence-electron chi connectivity index (χ4n) is 1.40. The van der Waals surface area contributed by atoms with Crippen molar-refractivity contribution < 1.29 is 18.7 Å². The van der Waals surface area contributed by atoms with E-state index in [1.807, 2.05) is 27.7 Å². The summed E-state index contributed by atoms with van der Waals surface area (Å²) in [6, 6.07) is 0. The topological polar surface area (TPSA) is 55.8 Å². The SMILES string of the molecule is CC(C)OP(=O)(CC1(O)CC1)OC(C)C. The van der Waals surface area contributed by atoms with Gasteiger partial charge in [-0.2, -0.15) is 0 Å². The van der Waals surface area contributed by atoms with Crippen molar-refractivity contribution in [3.8, 4) is 0 Å². The number of aliphatic hydroxyl groups is 1. The second kappa shape index (κ2) is 4.54. The standard InChI is InChI=1S/C10H21O4P/c1-8(2)13-15(12,14-9(3)4)7-10(11)5-6-10/h8-9,11H,5-7H2,1-4H3. The molecular weight excluding hydrogens is 215 g/mol. The Morgan fingerprint density at radius 2 is 1.60 bits per heavy atom. The normalized spacial score (nSPS) is 19.9. The van der Waals surface area contributed by atoms with Crippen molar-refractivity contribution in [2.75, 3.05) is 6.16 Å². The molecule has 0 atom stereocenters. The van der Waals surface area contributed by atoms with Gasteiger partial charge in [0.15, 0.2) is 0 Å². The molecule has 5 heteroatoms. The van der Waals surface area contributed by atoms with Crippen LogP contribution in [0.15, 0.2) is 0 Å². The Balaban J connectivity index is 2.62. The van der Waals surface area contributed by atoms with Crippen LogP contribution in [0.5, 0.6) is 0 Å². The first-order valence-electron chi connectivity index (χ1n) is 5.43. The molecule has 15 heavy (non-hydrogen) atoms. The molecule has 1 aliphatic carbocycles. The average Bonchev–Trinajstić information content (AvgIpc) is 2.60. The molecule has 1 N–H and O–H groups in total.